The predicted molar refractivity (Wildman–Crippen MR) is 65.6 cm³/mol. The van der Waals surface area contributed by atoms with E-state index in [1.807, 2.05) is 32.0 Å². The molecule has 3 heteroatoms. The molecule has 0 N–H and O–H groups in total. The first-order valence-electron chi connectivity index (χ1n) is 5.94. The molecule has 0 aliphatic carbocycles. The van der Waals surface area contributed by atoms with Crippen molar-refractivity contribution in [3.63, 3.8) is 0 Å². The minimum atomic E-state index is 0.00259. The van der Waals surface area contributed by atoms with Gasteiger partial charge in [0.2, 0.25) is 0 Å². The molecule has 0 saturated carbocycles. The van der Waals surface area contributed by atoms with Crippen LogP contribution in [0.25, 0.3) is 0 Å². The SMILES string of the molecule is COc1ccc(C(=O)C2CCOC2C)cc1C. The first kappa shape index (κ1) is 12.1. The maximum atomic E-state index is 12.3. The fraction of sp³-hybridized carbons (Fsp3) is 0.500. The van der Waals surface area contributed by atoms with Gasteiger partial charge in [-0.05, 0) is 44.0 Å². The molecule has 1 aliphatic heterocycles. The van der Waals surface area contributed by atoms with Gasteiger partial charge >= 0.3 is 0 Å². The molecule has 92 valence electrons. The topological polar surface area (TPSA) is 35.5 Å². The van der Waals surface area contributed by atoms with Gasteiger partial charge in [-0.1, -0.05) is 0 Å². The summed E-state index contributed by atoms with van der Waals surface area (Å²) >= 11 is 0. The third-order valence-electron chi connectivity index (χ3n) is 3.39. The highest BCUT2D eigenvalue weighted by Gasteiger charge is 2.31. The summed E-state index contributed by atoms with van der Waals surface area (Å²) in [5.41, 5.74) is 1.75. The van der Waals surface area contributed by atoms with E-state index in [1.165, 1.54) is 0 Å². The zero-order valence-electron chi connectivity index (χ0n) is 10.5. The van der Waals surface area contributed by atoms with E-state index in [1.54, 1.807) is 7.11 Å². The van der Waals surface area contributed by atoms with Gasteiger partial charge in [-0.15, -0.1) is 0 Å². The van der Waals surface area contributed by atoms with Gasteiger partial charge in [-0.3, -0.25) is 4.79 Å². The van der Waals surface area contributed by atoms with E-state index >= 15 is 0 Å². The summed E-state index contributed by atoms with van der Waals surface area (Å²) in [7, 11) is 1.64. The number of ether oxygens (including phenoxy) is 2. The van der Waals surface area contributed by atoms with E-state index in [2.05, 4.69) is 0 Å². The van der Waals surface area contributed by atoms with Crippen LogP contribution in [0.3, 0.4) is 0 Å². The Bertz CT molecular complexity index is 425. The fourth-order valence-electron chi connectivity index (χ4n) is 2.32. The second kappa shape index (κ2) is 4.88. The van der Waals surface area contributed by atoms with E-state index in [-0.39, 0.29) is 17.8 Å². The molecule has 0 aromatic heterocycles. The zero-order valence-corrected chi connectivity index (χ0v) is 10.5. The maximum absolute atomic E-state index is 12.3. The molecule has 2 rings (SSSR count). The lowest BCUT2D eigenvalue weighted by Gasteiger charge is -2.13. The van der Waals surface area contributed by atoms with Crippen LogP contribution in [0.2, 0.25) is 0 Å². The quantitative estimate of drug-likeness (QED) is 0.754. The van der Waals surface area contributed by atoms with Crippen LogP contribution >= 0.6 is 0 Å². The van der Waals surface area contributed by atoms with Crippen LogP contribution in [0.15, 0.2) is 18.2 Å². The first-order chi connectivity index (χ1) is 8.13. The first-order valence-corrected chi connectivity index (χ1v) is 5.94. The Hall–Kier alpha value is -1.35. The molecule has 0 bridgehead atoms. The number of hydrogen-bond donors (Lipinski definition) is 0. The molecule has 1 aromatic carbocycles. The standard InChI is InChI=1S/C14H18O3/c1-9-8-11(4-5-13(9)16-3)14(15)12-6-7-17-10(12)2/h4-5,8,10,12H,6-7H2,1-3H3. The molecule has 2 unspecified atom stereocenters. The van der Waals surface area contributed by atoms with E-state index in [4.69, 9.17) is 9.47 Å². The number of hydrogen-bond acceptors (Lipinski definition) is 3. The lowest BCUT2D eigenvalue weighted by Crippen LogP contribution is -2.21. The molecule has 17 heavy (non-hydrogen) atoms. The second-order valence-corrected chi connectivity index (χ2v) is 4.52. The minimum Gasteiger partial charge on any atom is -0.496 e. The van der Waals surface area contributed by atoms with Gasteiger partial charge in [0.25, 0.3) is 0 Å². The Morgan fingerprint density at radius 2 is 2.24 bits per heavy atom. The van der Waals surface area contributed by atoms with Crippen molar-refractivity contribution in [3.05, 3.63) is 29.3 Å². The Kier molecular flexibility index (Phi) is 3.48. The smallest absolute Gasteiger partial charge is 0.168 e. The fourth-order valence-corrected chi connectivity index (χ4v) is 2.32. The van der Waals surface area contributed by atoms with Crippen molar-refractivity contribution in [1.29, 1.82) is 0 Å². The van der Waals surface area contributed by atoms with Crippen LogP contribution in [0.5, 0.6) is 5.75 Å². The Labute approximate surface area is 102 Å². The molecule has 1 fully saturated rings. The molecule has 1 aliphatic rings. The van der Waals surface area contributed by atoms with E-state index in [0.29, 0.717) is 6.61 Å². The third-order valence-corrected chi connectivity index (χ3v) is 3.39. The van der Waals surface area contributed by atoms with Crippen LogP contribution < -0.4 is 4.74 Å². The molecule has 0 radical (unpaired) electrons. The lowest BCUT2D eigenvalue weighted by atomic mass is 9.92. The largest absolute Gasteiger partial charge is 0.496 e. The molecular weight excluding hydrogens is 216 g/mol. The predicted octanol–water partition coefficient (Wildman–Crippen LogP) is 2.61. The van der Waals surface area contributed by atoms with Crippen LogP contribution in [-0.4, -0.2) is 25.6 Å². The van der Waals surface area contributed by atoms with E-state index < -0.39 is 0 Å². The average molecular weight is 234 g/mol. The molecule has 0 amide bonds. The number of carbonyl (C=O) groups is 1. The van der Waals surface area contributed by atoms with Gasteiger partial charge < -0.3 is 9.47 Å². The van der Waals surface area contributed by atoms with Crippen LogP contribution in [-0.2, 0) is 4.74 Å². The molecule has 2 atom stereocenters. The highest BCUT2D eigenvalue weighted by molar-refractivity contribution is 5.98. The van der Waals surface area contributed by atoms with Gasteiger partial charge in [0.1, 0.15) is 5.75 Å². The molecule has 1 saturated heterocycles. The third kappa shape index (κ3) is 2.34. The summed E-state index contributed by atoms with van der Waals surface area (Å²) in [4.78, 5) is 12.3. The summed E-state index contributed by atoms with van der Waals surface area (Å²) in [6, 6.07) is 5.58. The molecule has 1 aromatic rings. The Morgan fingerprint density at radius 3 is 2.76 bits per heavy atom. The normalized spacial score (nSPS) is 23.7. The van der Waals surface area contributed by atoms with Crippen molar-refractivity contribution in [3.8, 4) is 5.75 Å². The Morgan fingerprint density at radius 1 is 1.47 bits per heavy atom. The van der Waals surface area contributed by atoms with Crippen molar-refractivity contribution in [1.82, 2.24) is 0 Å². The van der Waals surface area contributed by atoms with Crippen LogP contribution in [0.4, 0.5) is 0 Å². The lowest BCUT2D eigenvalue weighted by molar-refractivity contribution is 0.0764. The van der Waals surface area contributed by atoms with Gasteiger partial charge in [-0.2, -0.15) is 0 Å². The van der Waals surface area contributed by atoms with E-state index in [9.17, 15) is 4.79 Å². The van der Waals surface area contributed by atoms with Gasteiger partial charge in [0.05, 0.1) is 19.1 Å². The second-order valence-electron chi connectivity index (χ2n) is 4.52. The van der Waals surface area contributed by atoms with Crippen LogP contribution in [0.1, 0.15) is 29.3 Å². The summed E-state index contributed by atoms with van der Waals surface area (Å²) < 4.78 is 10.6. The summed E-state index contributed by atoms with van der Waals surface area (Å²) in [5.74, 6) is 1.00. The highest BCUT2D eigenvalue weighted by Crippen LogP contribution is 2.26. The van der Waals surface area contributed by atoms with Gasteiger partial charge in [0.15, 0.2) is 5.78 Å². The summed E-state index contributed by atoms with van der Waals surface area (Å²) in [5, 5.41) is 0. The number of aryl methyl sites for hydroxylation is 1. The van der Waals surface area contributed by atoms with Gasteiger partial charge in [-0.25, -0.2) is 0 Å². The number of benzene rings is 1. The van der Waals surface area contributed by atoms with Gasteiger partial charge in [0, 0.05) is 12.2 Å². The van der Waals surface area contributed by atoms with Crippen molar-refractivity contribution < 1.29 is 14.3 Å². The highest BCUT2D eigenvalue weighted by atomic mass is 16.5. The number of Topliss-reactive ketones (excluding diaryl/α,β-unsaturated/α-hetero) is 1. The van der Waals surface area contributed by atoms with Crippen molar-refractivity contribution in [2.75, 3.05) is 13.7 Å². The number of ketones is 1. The van der Waals surface area contributed by atoms with Crippen molar-refractivity contribution >= 4 is 5.78 Å². The van der Waals surface area contributed by atoms with E-state index in [0.717, 1.165) is 23.3 Å². The number of rotatable bonds is 3. The zero-order chi connectivity index (χ0) is 12.4. The van der Waals surface area contributed by atoms with Crippen LogP contribution in [0, 0.1) is 12.8 Å². The maximum Gasteiger partial charge on any atom is 0.168 e. The Balaban J connectivity index is 2.22. The summed E-state index contributed by atoms with van der Waals surface area (Å²) in [6.07, 6.45) is 0.857. The average Bonchev–Trinajstić information content (AvgIpc) is 2.74. The minimum absolute atomic E-state index is 0.00259. The summed E-state index contributed by atoms with van der Waals surface area (Å²) in [6.45, 7) is 4.60. The monoisotopic (exact) mass is 234 g/mol. The number of carbonyl (C=O) groups excluding carboxylic acids is 1. The number of methoxy groups -OCH3 is 1. The molecular formula is C14H18O3. The van der Waals surface area contributed by atoms with Crippen molar-refractivity contribution in [2.45, 2.75) is 26.4 Å². The molecule has 1 heterocycles. The van der Waals surface area contributed by atoms with Crippen molar-refractivity contribution in [2.24, 2.45) is 5.92 Å². The molecule has 0 spiro atoms. The molecule has 3 nitrogen and oxygen atoms in total.